The van der Waals surface area contributed by atoms with E-state index in [1.807, 2.05) is 59.5 Å². The molecule has 1 atom stereocenters. The molecule has 5 rings (SSSR count). The molecule has 2 aliphatic rings. The van der Waals surface area contributed by atoms with Crippen molar-refractivity contribution in [2.75, 3.05) is 42.5 Å². The van der Waals surface area contributed by atoms with E-state index in [1.165, 1.54) is 0 Å². The lowest BCUT2D eigenvalue weighted by Crippen LogP contribution is -2.50. The van der Waals surface area contributed by atoms with Gasteiger partial charge in [-0.2, -0.15) is 0 Å². The first-order valence-electron chi connectivity index (χ1n) is 10.4. The summed E-state index contributed by atoms with van der Waals surface area (Å²) in [5.41, 5.74) is 2.03. The highest BCUT2D eigenvalue weighted by atomic mass is 16.2. The van der Waals surface area contributed by atoms with Crippen LogP contribution in [0.3, 0.4) is 0 Å². The number of pyridine rings is 1. The van der Waals surface area contributed by atoms with E-state index in [-0.39, 0.29) is 24.2 Å². The zero-order chi connectivity index (χ0) is 20.5. The Balaban J connectivity index is 1.27. The number of amides is 2. The maximum absolute atomic E-state index is 13.1. The molecule has 2 aromatic carbocycles. The lowest BCUT2D eigenvalue weighted by Gasteiger charge is -2.37. The van der Waals surface area contributed by atoms with Crippen molar-refractivity contribution < 1.29 is 9.59 Å². The van der Waals surface area contributed by atoms with Gasteiger partial charge < -0.3 is 14.7 Å². The summed E-state index contributed by atoms with van der Waals surface area (Å²) in [6.07, 6.45) is 3.87. The molecule has 2 aliphatic heterocycles. The summed E-state index contributed by atoms with van der Waals surface area (Å²) in [4.78, 5) is 36.0. The van der Waals surface area contributed by atoms with Gasteiger partial charge in [0.05, 0.1) is 11.6 Å². The molecule has 30 heavy (non-hydrogen) atoms. The van der Waals surface area contributed by atoms with E-state index < -0.39 is 0 Å². The third-order valence-electron chi connectivity index (χ3n) is 6.15. The summed E-state index contributed by atoms with van der Waals surface area (Å²) in [6, 6.07) is 18.0. The zero-order valence-electron chi connectivity index (χ0n) is 16.8. The van der Waals surface area contributed by atoms with Crippen molar-refractivity contribution in [3.8, 4) is 0 Å². The van der Waals surface area contributed by atoms with Gasteiger partial charge in [-0.05, 0) is 23.6 Å². The Morgan fingerprint density at radius 3 is 2.43 bits per heavy atom. The van der Waals surface area contributed by atoms with E-state index in [9.17, 15) is 9.59 Å². The largest absolute Gasteiger partial charge is 0.368 e. The van der Waals surface area contributed by atoms with Crippen LogP contribution in [0.5, 0.6) is 0 Å². The number of piperazine rings is 1. The first-order chi connectivity index (χ1) is 14.7. The van der Waals surface area contributed by atoms with Gasteiger partial charge in [-0.15, -0.1) is 0 Å². The molecule has 3 aromatic rings. The van der Waals surface area contributed by atoms with E-state index in [2.05, 4.69) is 9.88 Å². The Morgan fingerprint density at radius 2 is 1.63 bits per heavy atom. The molecule has 3 heterocycles. The van der Waals surface area contributed by atoms with Crippen LogP contribution in [0.15, 0.2) is 67.0 Å². The molecule has 152 valence electrons. The van der Waals surface area contributed by atoms with Crippen molar-refractivity contribution >= 4 is 34.0 Å². The van der Waals surface area contributed by atoms with Gasteiger partial charge in [-0.3, -0.25) is 14.6 Å². The van der Waals surface area contributed by atoms with Crippen LogP contribution in [0.2, 0.25) is 0 Å². The topological polar surface area (TPSA) is 56.8 Å². The normalized spacial score (nSPS) is 19.5. The SMILES string of the molecule is O=C([C@@H]1CC(=O)N(c2cccc3ccccc23)C1)N1CCN(c2ccncc2)CC1. The van der Waals surface area contributed by atoms with Gasteiger partial charge >= 0.3 is 0 Å². The molecule has 0 spiro atoms. The highest BCUT2D eigenvalue weighted by molar-refractivity contribution is 6.07. The molecule has 2 saturated heterocycles. The predicted octanol–water partition coefficient (Wildman–Crippen LogP) is 2.94. The quantitative estimate of drug-likeness (QED) is 0.678. The summed E-state index contributed by atoms with van der Waals surface area (Å²) in [7, 11) is 0. The minimum atomic E-state index is -0.274. The highest BCUT2D eigenvalue weighted by Gasteiger charge is 2.38. The molecule has 0 saturated carbocycles. The Kier molecular flexibility index (Phi) is 4.83. The number of hydrogen-bond donors (Lipinski definition) is 0. The van der Waals surface area contributed by atoms with Gasteiger partial charge in [0.15, 0.2) is 0 Å². The van der Waals surface area contributed by atoms with Crippen LogP contribution in [0.25, 0.3) is 10.8 Å². The molecule has 6 nitrogen and oxygen atoms in total. The first kappa shape index (κ1) is 18.6. The Morgan fingerprint density at radius 1 is 0.900 bits per heavy atom. The standard InChI is InChI=1S/C24H24N4O2/c29-23-16-19(17-28(23)22-7-3-5-18-4-1-2-6-21(18)22)24(30)27-14-12-26(13-15-27)20-8-10-25-11-9-20/h1-11,19H,12-17H2/t19-/m1/s1. The number of anilines is 2. The second kappa shape index (κ2) is 7.78. The van der Waals surface area contributed by atoms with Crippen LogP contribution in [0, 0.1) is 5.92 Å². The fraction of sp³-hybridized carbons (Fsp3) is 0.292. The molecule has 0 bridgehead atoms. The number of carbonyl (C=O) groups is 2. The maximum Gasteiger partial charge on any atom is 0.228 e. The number of benzene rings is 2. The minimum Gasteiger partial charge on any atom is -0.368 e. The fourth-order valence-corrected chi connectivity index (χ4v) is 4.55. The summed E-state index contributed by atoms with van der Waals surface area (Å²) in [5, 5.41) is 2.15. The van der Waals surface area contributed by atoms with E-state index in [0.717, 1.165) is 35.2 Å². The molecule has 2 amide bonds. The van der Waals surface area contributed by atoms with Crippen molar-refractivity contribution in [3.05, 3.63) is 67.0 Å². The summed E-state index contributed by atoms with van der Waals surface area (Å²) in [6.45, 7) is 3.41. The average Bonchev–Trinajstić information content (AvgIpc) is 3.20. The zero-order valence-corrected chi connectivity index (χ0v) is 16.8. The van der Waals surface area contributed by atoms with Crippen molar-refractivity contribution in [1.29, 1.82) is 0 Å². The number of nitrogens with zero attached hydrogens (tertiary/aromatic N) is 4. The number of carbonyl (C=O) groups excluding carboxylic acids is 2. The summed E-state index contributed by atoms with van der Waals surface area (Å²) in [5.74, 6) is -0.149. The van der Waals surface area contributed by atoms with Crippen LogP contribution in [-0.4, -0.2) is 54.4 Å². The molecule has 6 heteroatoms. The van der Waals surface area contributed by atoms with Crippen LogP contribution in [0.4, 0.5) is 11.4 Å². The average molecular weight is 400 g/mol. The van der Waals surface area contributed by atoms with Gasteiger partial charge in [-0.25, -0.2) is 0 Å². The van der Waals surface area contributed by atoms with Crippen LogP contribution in [-0.2, 0) is 9.59 Å². The Bertz CT molecular complexity index is 1070. The number of aromatic nitrogens is 1. The molecule has 0 radical (unpaired) electrons. The molecule has 0 N–H and O–H groups in total. The minimum absolute atomic E-state index is 0.0279. The van der Waals surface area contributed by atoms with E-state index in [4.69, 9.17) is 0 Å². The smallest absolute Gasteiger partial charge is 0.228 e. The monoisotopic (exact) mass is 400 g/mol. The van der Waals surface area contributed by atoms with Crippen molar-refractivity contribution in [2.45, 2.75) is 6.42 Å². The van der Waals surface area contributed by atoms with Gasteiger partial charge in [0, 0.05) is 62.6 Å². The second-order valence-corrected chi connectivity index (χ2v) is 7.92. The van der Waals surface area contributed by atoms with Crippen molar-refractivity contribution in [3.63, 3.8) is 0 Å². The molecule has 2 fully saturated rings. The van der Waals surface area contributed by atoms with Gasteiger partial charge in [-0.1, -0.05) is 36.4 Å². The van der Waals surface area contributed by atoms with E-state index in [0.29, 0.717) is 19.6 Å². The third-order valence-corrected chi connectivity index (χ3v) is 6.15. The number of hydrogen-bond acceptors (Lipinski definition) is 4. The second-order valence-electron chi connectivity index (χ2n) is 7.92. The molecule has 0 aliphatic carbocycles. The predicted molar refractivity (Wildman–Crippen MR) is 117 cm³/mol. The Labute approximate surface area is 175 Å². The highest BCUT2D eigenvalue weighted by Crippen LogP contribution is 2.32. The van der Waals surface area contributed by atoms with Gasteiger partial charge in [0.2, 0.25) is 11.8 Å². The molecular formula is C24H24N4O2. The summed E-state index contributed by atoms with van der Waals surface area (Å²) < 4.78 is 0. The van der Waals surface area contributed by atoms with Crippen LogP contribution < -0.4 is 9.80 Å². The fourth-order valence-electron chi connectivity index (χ4n) is 4.55. The molecular weight excluding hydrogens is 376 g/mol. The molecule has 1 aromatic heterocycles. The third kappa shape index (κ3) is 3.38. The number of rotatable bonds is 3. The van der Waals surface area contributed by atoms with Gasteiger partial charge in [0.1, 0.15) is 0 Å². The summed E-state index contributed by atoms with van der Waals surface area (Å²) >= 11 is 0. The van der Waals surface area contributed by atoms with Crippen molar-refractivity contribution in [1.82, 2.24) is 9.88 Å². The maximum atomic E-state index is 13.1. The van der Waals surface area contributed by atoms with E-state index in [1.54, 1.807) is 17.3 Å². The number of fused-ring (bicyclic) bond motifs is 1. The van der Waals surface area contributed by atoms with Crippen molar-refractivity contribution in [2.24, 2.45) is 5.92 Å². The van der Waals surface area contributed by atoms with Crippen LogP contribution in [0.1, 0.15) is 6.42 Å². The molecule has 0 unspecified atom stereocenters. The van der Waals surface area contributed by atoms with E-state index >= 15 is 0 Å². The first-order valence-corrected chi connectivity index (χ1v) is 10.4. The lowest BCUT2D eigenvalue weighted by atomic mass is 10.1. The Hall–Kier alpha value is -3.41. The van der Waals surface area contributed by atoms with Gasteiger partial charge in [0.25, 0.3) is 0 Å². The lowest BCUT2D eigenvalue weighted by molar-refractivity contribution is -0.136. The van der Waals surface area contributed by atoms with Crippen LogP contribution >= 0.6 is 0 Å².